The highest BCUT2D eigenvalue weighted by Crippen LogP contribution is 2.47. The van der Waals surface area contributed by atoms with E-state index in [9.17, 15) is 0 Å². The van der Waals surface area contributed by atoms with Crippen LogP contribution in [0.5, 0.6) is 0 Å². The molecule has 0 saturated heterocycles. The van der Waals surface area contributed by atoms with E-state index in [4.69, 9.17) is 4.74 Å². The zero-order valence-corrected chi connectivity index (χ0v) is 13.4. The molecule has 1 saturated carbocycles. The molecule has 2 rings (SSSR count). The van der Waals surface area contributed by atoms with E-state index in [0.717, 1.165) is 25.9 Å². The second kappa shape index (κ2) is 6.62. The molecule has 0 heterocycles. The fourth-order valence-electron chi connectivity index (χ4n) is 3.31. The SMILES string of the molecule is CCCc1ccccc1NC1CC(OCC)C1(C)CC. The van der Waals surface area contributed by atoms with E-state index < -0.39 is 0 Å². The maximum absolute atomic E-state index is 5.89. The highest BCUT2D eigenvalue weighted by molar-refractivity contribution is 5.52. The lowest BCUT2D eigenvalue weighted by Gasteiger charge is -2.54. The summed E-state index contributed by atoms with van der Waals surface area (Å²) in [7, 11) is 0. The summed E-state index contributed by atoms with van der Waals surface area (Å²) in [6.07, 6.45) is 5.03. The van der Waals surface area contributed by atoms with Crippen molar-refractivity contribution in [3.63, 3.8) is 0 Å². The molecular formula is C18H29NO. The van der Waals surface area contributed by atoms with Crippen LogP contribution in [0.3, 0.4) is 0 Å². The van der Waals surface area contributed by atoms with Crippen molar-refractivity contribution in [3.05, 3.63) is 29.8 Å². The predicted octanol–water partition coefficient (Wildman–Crippen LogP) is 4.64. The maximum atomic E-state index is 5.89. The van der Waals surface area contributed by atoms with E-state index in [1.165, 1.54) is 17.7 Å². The van der Waals surface area contributed by atoms with E-state index in [1.807, 2.05) is 0 Å². The lowest BCUT2D eigenvalue weighted by atomic mass is 9.61. The van der Waals surface area contributed by atoms with Crippen molar-refractivity contribution in [3.8, 4) is 0 Å². The fraction of sp³-hybridized carbons (Fsp3) is 0.667. The maximum Gasteiger partial charge on any atom is 0.0667 e. The van der Waals surface area contributed by atoms with Crippen LogP contribution in [0.4, 0.5) is 5.69 Å². The summed E-state index contributed by atoms with van der Waals surface area (Å²) >= 11 is 0. The van der Waals surface area contributed by atoms with Gasteiger partial charge in [-0.05, 0) is 37.8 Å². The monoisotopic (exact) mass is 275 g/mol. The van der Waals surface area contributed by atoms with Crippen LogP contribution in [0.25, 0.3) is 0 Å². The van der Waals surface area contributed by atoms with Gasteiger partial charge in [-0.1, -0.05) is 45.4 Å². The number of para-hydroxylation sites is 1. The van der Waals surface area contributed by atoms with Gasteiger partial charge in [-0.25, -0.2) is 0 Å². The van der Waals surface area contributed by atoms with Gasteiger partial charge in [-0.15, -0.1) is 0 Å². The molecule has 1 aromatic rings. The molecule has 2 heteroatoms. The van der Waals surface area contributed by atoms with Crippen LogP contribution in [-0.4, -0.2) is 18.8 Å². The molecule has 0 spiro atoms. The molecule has 2 nitrogen and oxygen atoms in total. The first kappa shape index (κ1) is 15.4. The largest absolute Gasteiger partial charge is 0.381 e. The third kappa shape index (κ3) is 2.85. The summed E-state index contributed by atoms with van der Waals surface area (Å²) in [5.74, 6) is 0. The molecule has 0 aromatic heterocycles. The number of hydrogen-bond donors (Lipinski definition) is 1. The first-order valence-electron chi connectivity index (χ1n) is 8.11. The molecule has 0 bridgehead atoms. The first-order chi connectivity index (χ1) is 9.65. The van der Waals surface area contributed by atoms with E-state index >= 15 is 0 Å². The lowest BCUT2D eigenvalue weighted by molar-refractivity contribution is -0.109. The second-order valence-corrected chi connectivity index (χ2v) is 6.14. The van der Waals surface area contributed by atoms with Gasteiger partial charge in [-0.2, -0.15) is 0 Å². The summed E-state index contributed by atoms with van der Waals surface area (Å²) < 4.78 is 5.89. The molecule has 1 aliphatic carbocycles. The Hall–Kier alpha value is -1.02. The van der Waals surface area contributed by atoms with Gasteiger partial charge in [-0.3, -0.25) is 0 Å². The van der Waals surface area contributed by atoms with Gasteiger partial charge in [0.05, 0.1) is 6.10 Å². The number of anilines is 1. The molecule has 0 aliphatic heterocycles. The van der Waals surface area contributed by atoms with Crippen molar-refractivity contribution in [2.45, 2.75) is 65.5 Å². The molecule has 112 valence electrons. The zero-order valence-electron chi connectivity index (χ0n) is 13.4. The van der Waals surface area contributed by atoms with Crippen molar-refractivity contribution in [1.82, 2.24) is 0 Å². The van der Waals surface area contributed by atoms with Gasteiger partial charge < -0.3 is 10.1 Å². The standard InChI is InChI=1S/C18H29NO/c1-5-10-14-11-8-9-12-15(14)19-16-13-17(20-7-3)18(16,4)6-2/h8-9,11-12,16-17,19H,5-7,10,13H2,1-4H3. The van der Waals surface area contributed by atoms with Crippen LogP contribution in [0.2, 0.25) is 0 Å². The first-order valence-corrected chi connectivity index (χ1v) is 8.11. The van der Waals surface area contributed by atoms with Crippen molar-refractivity contribution >= 4 is 5.69 Å². The summed E-state index contributed by atoms with van der Waals surface area (Å²) in [5, 5.41) is 3.78. The quantitative estimate of drug-likeness (QED) is 0.782. The summed E-state index contributed by atoms with van der Waals surface area (Å²) in [4.78, 5) is 0. The van der Waals surface area contributed by atoms with Crippen LogP contribution in [0, 0.1) is 5.41 Å². The Balaban J connectivity index is 2.07. The average Bonchev–Trinajstić information content (AvgIpc) is 2.47. The summed E-state index contributed by atoms with van der Waals surface area (Å²) in [5.41, 5.74) is 3.01. The fourth-order valence-corrected chi connectivity index (χ4v) is 3.31. The average molecular weight is 275 g/mol. The van der Waals surface area contributed by atoms with Gasteiger partial charge >= 0.3 is 0 Å². The minimum absolute atomic E-state index is 0.259. The van der Waals surface area contributed by atoms with Gasteiger partial charge in [0, 0.05) is 23.8 Å². The predicted molar refractivity (Wildman–Crippen MR) is 86.3 cm³/mol. The Morgan fingerprint density at radius 3 is 2.65 bits per heavy atom. The number of benzene rings is 1. The van der Waals surface area contributed by atoms with Crippen molar-refractivity contribution in [2.24, 2.45) is 5.41 Å². The van der Waals surface area contributed by atoms with Gasteiger partial charge in [0.1, 0.15) is 0 Å². The van der Waals surface area contributed by atoms with Gasteiger partial charge in [0.15, 0.2) is 0 Å². The Kier molecular flexibility index (Phi) is 5.09. The number of hydrogen-bond acceptors (Lipinski definition) is 2. The Morgan fingerprint density at radius 2 is 2.00 bits per heavy atom. The molecule has 0 radical (unpaired) electrons. The van der Waals surface area contributed by atoms with Crippen molar-refractivity contribution in [2.75, 3.05) is 11.9 Å². The van der Waals surface area contributed by atoms with Crippen LogP contribution in [0.1, 0.15) is 52.5 Å². The number of rotatable bonds is 7. The van der Waals surface area contributed by atoms with E-state index in [1.54, 1.807) is 0 Å². The van der Waals surface area contributed by atoms with Crippen molar-refractivity contribution < 1.29 is 4.74 Å². The molecular weight excluding hydrogens is 246 g/mol. The van der Waals surface area contributed by atoms with Gasteiger partial charge in [0.2, 0.25) is 0 Å². The molecule has 1 aliphatic rings. The number of ether oxygens (including phenoxy) is 1. The third-order valence-corrected chi connectivity index (χ3v) is 4.98. The minimum atomic E-state index is 0.259. The smallest absolute Gasteiger partial charge is 0.0667 e. The molecule has 3 unspecified atom stereocenters. The van der Waals surface area contributed by atoms with Crippen LogP contribution >= 0.6 is 0 Å². The van der Waals surface area contributed by atoms with Crippen LogP contribution < -0.4 is 5.32 Å². The van der Waals surface area contributed by atoms with E-state index in [0.29, 0.717) is 12.1 Å². The van der Waals surface area contributed by atoms with Crippen LogP contribution in [0.15, 0.2) is 24.3 Å². The zero-order chi connectivity index (χ0) is 14.6. The van der Waals surface area contributed by atoms with Crippen molar-refractivity contribution in [1.29, 1.82) is 0 Å². The second-order valence-electron chi connectivity index (χ2n) is 6.14. The third-order valence-electron chi connectivity index (χ3n) is 4.98. The normalized spacial score (nSPS) is 29.0. The van der Waals surface area contributed by atoms with E-state index in [-0.39, 0.29) is 5.41 Å². The topological polar surface area (TPSA) is 21.3 Å². The van der Waals surface area contributed by atoms with E-state index in [2.05, 4.69) is 57.3 Å². The number of aryl methyl sites for hydroxylation is 1. The Morgan fingerprint density at radius 1 is 1.25 bits per heavy atom. The van der Waals surface area contributed by atoms with Gasteiger partial charge in [0.25, 0.3) is 0 Å². The lowest BCUT2D eigenvalue weighted by Crippen LogP contribution is -2.59. The number of nitrogens with one attached hydrogen (secondary N) is 1. The Bertz CT molecular complexity index is 431. The molecule has 3 atom stereocenters. The highest BCUT2D eigenvalue weighted by atomic mass is 16.5. The highest BCUT2D eigenvalue weighted by Gasteiger charge is 2.51. The summed E-state index contributed by atoms with van der Waals surface area (Å²) in [6, 6.07) is 9.26. The minimum Gasteiger partial charge on any atom is -0.381 e. The molecule has 20 heavy (non-hydrogen) atoms. The molecule has 1 aromatic carbocycles. The molecule has 1 fully saturated rings. The summed E-state index contributed by atoms with van der Waals surface area (Å²) in [6.45, 7) is 9.78. The molecule has 0 amide bonds. The molecule has 1 N–H and O–H groups in total. The Labute approximate surface area is 123 Å². The van der Waals surface area contributed by atoms with Crippen LogP contribution in [-0.2, 0) is 11.2 Å².